The van der Waals surface area contributed by atoms with Crippen molar-refractivity contribution in [3.05, 3.63) is 71.4 Å². The van der Waals surface area contributed by atoms with Crippen LogP contribution in [0.5, 0.6) is 5.75 Å². The lowest BCUT2D eigenvalue weighted by Gasteiger charge is -2.28. The number of hydrogen-bond acceptors (Lipinski definition) is 5. The molecule has 0 bridgehead atoms. The molecule has 4 rings (SSSR count). The highest BCUT2D eigenvalue weighted by Crippen LogP contribution is 2.26. The van der Waals surface area contributed by atoms with E-state index in [1.807, 2.05) is 24.3 Å². The van der Waals surface area contributed by atoms with E-state index in [-0.39, 0.29) is 17.6 Å². The van der Waals surface area contributed by atoms with Crippen LogP contribution in [0.15, 0.2) is 59.1 Å². The van der Waals surface area contributed by atoms with Crippen LogP contribution in [0.1, 0.15) is 47.4 Å². The van der Waals surface area contributed by atoms with Gasteiger partial charge in [-0.1, -0.05) is 36.3 Å². The molecule has 1 fully saturated rings. The molecule has 0 aliphatic carbocycles. The Bertz CT molecular complexity index is 990. The first-order chi connectivity index (χ1) is 15.2. The second-order valence-corrected chi connectivity index (χ2v) is 7.87. The van der Waals surface area contributed by atoms with Crippen molar-refractivity contribution in [1.29, 1.82) is 0 Å². The predicted octanol–water partition coefficient (Wildman–Crippen LogP) is 4.48. The molecule has 2 aromatic carbocycles. The van der Waals surface area contributed by atoms with E-state index in [2.05, 4.69) is 46.6 Å². The first-order valence-electron chi connectivity index (χ1n) is 10.9. The van der Waals surface area contributed by atoms with E-state index in [9.17, 15) is 4.79 Å². The number of carbonyl (C=O) groups excluding carboxylic acids is 1. The Morgan fingerprint density at radius 3 is 2.48 bits per heavy atom. The number of methoxy groups -OCH3 is 1. The van der Waals surface area contributed by atoms with Gasteiger partial charge in [-0.25, -0.2) is 0 Å². The highest BCUT2D eigenvalue weighted by Gasteiger charge is 2.24. The third-order valence-electron chi connectivity index (χ3n) is 5.93. The normalized spacial score (nSPS) is 15.0. The molecule has 0 radical (unpaired) electrons. The summed E-state index contributed by atoms with van der Waals surface area (Å²) in [5, 5.41) is 7.04. The molecule has 6 heteroatoms. The molecule has 1 aromatic heterocycles. The Morgan fingerprint density at radius 1 is 1.13 bits per heavy atom. The number of hydrogen-bond donors (Lipinski definition) is 1. The molecule has 1 atom stereocenters. The van der Waals surface area contributed by atoms with Crippen LogP contribution in [0.25, 0.3) is 11.3 Å². The molecule has 1 saturated heterocycles. The number of nitrogens with zero attached hydrogens (tertiary/aromatic N) is 2. The average molecular weight is 420 g/mol. The van der Waals surface area contributed by atoms with Gasteiger partial charge in [-0.3, -0.25) is 9.69 Å². The Labute approximate surface area is 183 Å². The predicted molar refractivity (Wildman–Crippen MR) is 120 cm³/mol. The number of aromatic nitrogens is 1. The standard InChI is InChI=1S/C25H29N3O3/c1-3-18-6-8-19(9-7-18)23(28-14-4-5-15-28)17-26-25(29)22-16-24(31-27-22)20-10-12-21(30-2)13-11-20/h6-13,16,23H,3-5,14-15,17H2,1-2H3,(H,26,29)/t23-/m0/s1. The third-order valence-corrected chi connectivity index (χ3v) is 5.93. The van der Waals surface area contributed by atoms with E-state index in [0.29, 0.717) is 12.3 Å². The van der Waals surface area contributed by atoms with E-state index >= 15 is 0 Å². The first kappa shape index (κ1) is 21.1. The van der Waals surface area contributed by atoms with Gasteiger partial charge in [0.05, 0.1) is 13.2 Å². The summed E-state index contributed by atoms with van der Waals surface area (Å²) in [6.07, 6.45) is 3.42. The summed E-state index contributed by atoms with van der Waals surface area (Å²) < 4.78 is 10.6. The van der Waals surface area contributed by atoms with Gasteiger partial charge in [-0.15, -0.1) is 0 Å². The highest BCUT2D eigenvalue weighted by atomic mass is 16.5. The average Bonchev–Trinajstić information content (AvgIpc) is 3.52. The maximum atomic E-state index is 12.8. The lowest BCUT2D eigenvalue weighted by Crippen LogP contribution is -2.36. The summed E-state index contributed by atoms with van der Waals surface area (Å²) in [7, 11) is 1.62. The number of carbonyl (C=O) groups is 1. The fourth-order valence-corrected chi connectivity index (χ4v) is 4.04. The van der Waals surface area contributed by atoms with Gasteiger partial charge < -0.3 is 14.6 Å². The van der Waals surface area contributed by atoms with Gasteiger partial charge in [-0.05, 0) is 67.7 Å². The molecule has 1 aliphatic heterocycles. The van der Waals surface area contributed by atoms with Gasteiger partial charge >= 0.3 is 0 Å². The van der Waals surface area contributed by atoms with E-state index in [0.717, 1.165) is 30.8 Å². The fourth-order valence-electron chi connectivity index (χ4n) is 4.04. The fraction of sp³-hybridized carbons (Fsp3) is 0.360. The largest absolute Gasteiger partial charge is 0.497 e. The monoisotopic (exact) mass is 419 g/mol. The summed E-state index contributed by atoms with van der Waals surface area (Å²) in [6, 6.07) is 18.0. The number of benzene rings is 2. The summed E-state index contributed by atoms with van der Waals surface area (Å²) in [4.78, 5) is 15.2. The van der Waals surface area contributed by atoms with Gasteiger partial charge in [0, 0.05) is 18.2 Å². The molecule has 6 nitrogen and oxygen atoms in total. The van der Waals surface area contributed by atoms with Gasteiger partial charge in [0.1, 0.15) is 5.75 Å². The second-order valence-electron chi connectivity index (χ2n) is 7.87. The van der Waals surface area contributed by atoms with Crippen LogP contribution >= 0.6 is 0 Å². The van der Waals surface area contributed by atoms with E-state index in [1.54, 1.807) is 13.2 Å². The molecule has 0 unspecified atom stereocenters. The molecule has 2 heterocycles. The zero-order valence-corrected chi connectivity index (χ0v) is 18.1. The van der Waals surface area contributed by atoms with Crippen LogP contribution in [-0.2, 0) is 6.42 Å². The number of aryl methyl sites for hydroxylation is 1. The summed E-state index contributed by atoms with van der Waals surface area (Å²) in [5.74, 6) is 1.10. The van der Waals surface area contributed by atoms with Gasteiger partial charge in [-0.2, -0.15) is 0 Å². The van der Waals surface area contributed by atoms with Gasteiger partial charge in [0.15, 0.2) is 11.5 Å². The van der Waals surface area contributed by atoms with Crippen molar-refractivity contribution in [2.24, 2.45) is 0 Å². The molecule has 31 heavy (non-hydrogen) atoms. The number of ether oxygens (including phenoxy) is 1. The SMILES string of the molecule is CCc1ccc([C@H](CNC(=O)c2cc(-c3ccc(OC)cc3)on2)N2CCCC2)cc1. The molecule has 3 aromatic rings. The number of rotatable bonds is 8. The minimum absolute atomic E-state index is 0.158. The Morgan fingerprint density at radius 2 is 1.84 bits per heavy atom. The number of amides is 1. The second kappa shape index (κ2) is 9.79. The zero-order chi connectivity index (χ0) is 21.6. The van der Waals surface area contributed by atoms with Crippen LogP contribution in [0.2, 0.25) is 0 Å². The lowest BCUT2D eigenvalue weighted by molar-refractivity contribution is 0.0929. The van der Waals surface area contributed by atoms with Crippen LogP contribution in [0, 0.1) is 0 Å². The molecule has 1 amide bonds. The van der Waals surface area contributed by atoms with Gasteiger partial charge in [0.2, 0.25) is 0 Å². The molecule has 1 N–H and O–H groups in total. The third kappa shape index (κ3) is 4.97. The minimum Gasteiger partial charge on any atom is -0.497 e. The number of nitrogens with one attached hydrogen (secondary N) is 1. The van der Waals surface area contributed by atoms with Crippen molar-refractivity contribution in [1.82, 2.24) is 15.4 Å². The van der Waals surface area contributed by atoms with Crippen molar-refractivity contribution in [3.63, 3.8) is 0 Å². The van der Waals surface area contributed by atoms with E-state index in [4.69, 9.17) is 9.26 Å². The van der Waals surface area contributed by atoms with Crippen LogP contribution in [-0.4, -0.2) is 42.7 Å². The maximum Gasteiger partial charge on any atom is 0.273 e. The Kier molecular flexibility index (Phi) is 6.67. The smallest absolute Gasteiger partial charge is 0.273 e. The minimum atomic E-state index is -0.224. The van der Waals surface area contributed by atoms with Crippen LogP contribution in [0.3, 0.4) is 0 Å². The maximum absolute atomic E-state index is 12.8. The zero-order valence-electron chi connectivity index (χ0n) is 18.1. The molecular weight excluding hydrogens is 390 g/mol. The van der Waals surface area contributed by atoms with Crippen molar-refractivity contribution < 1.29 is 14.1 Å². The Hall–Kier alpha value is -3.12. The van der Waals surface area contributed by atoms with Crippen molar-refractivity contribution in [2.45, 2.75) is 32.2 Å². The summed E-state index contributed by atoms with van der Waals surface area (Å²) >= 11 is 0. The molecule has 162 valence electrons. The summed E-state index contributed by atoms with van der Waals surface area (Å²) in [6.45, 7) is 4.81. The highest BCUT2D eigenvalue weighted by molar-refractivity contribution is 5.93. The molecule has 0 saturated carbocycles. The van der Waals surface area contributed by atoms with E-state index < -0.39 is 0 Å². The molecule has 0 spiro atoms. The topological polar surface area (TPSA) is 67.6 Å². The van der Waals surface area contributed by atoms with Crippen molar-refractivity contribution >= 4 is 5.91 Å². The van der Waals surface area contributed by atoms with E-state index in [1.165, 1.54) is 24.0 Å². The van der Waals surface area contributed by atoms with Crippen LogP contribution in [0.4, 0.5) is 0 Å². The number of likely N-dealkylation sites (tertiary alicyclic amines) is 1. The van der Waals surface area contributed by atoms with Crippen molar-refractivity contribution in [3.8, 4) is 17.1 Å². The molecule has 1 aliphatic rings. The van der Waals surface area contributed by atoms with Crippen molar-refractivity contribution in [2.75, 3.05) is 26.7 Å². The van der Waals surface area contributed by atoms with Crippen LogP contribution < -0.4 is 10.1 Å². The lowest BCUT2D eigenvalue weighted by atomic mass is 10.0. The summed E-state index contributed by atoms with van der Waals surface area (Å²) in [5.41, 5.74) is 3.69. The Balaban J connectivity index is 1.44. The molecular formula is C25H29N3O3. The quantitative estimate of drug-likeness (QED) is 0.583. The van der Waals surface area contributed by atoms with Gasteiger partial charge in [0.25, 0.3) is 5.91 Å². The first-order valence-corrected chi connectivity index (χ1v) is 10.9.